The number of carbonyl (C=O) groups excluding carboxylic acids is 1. The molecule has 2 heterocycles. The van der Waals surface area contributed by atoms with Gasteiger partial charge in [0.05, 0.1) is 17.7 Å². The number of nitrogens with one attached hydrogen (secondary N) is 1. The van der Waals surface area contributed by atoms with Gasteiger partial charge in [-0.2, -0.15) is 28.4 Å². The van der Waals surface area contributed by atoms with Gasteiger partial charge in [-0.15, -0.1) is 15.0 Å². The fourth-order valence-corrected chi connectivity index (χ4v) is 2.77. The monoisotopic (exact) mass is 322 g/mol. The third-order valence-electron chi connectivity index (χ3n) is 2.69. The van der Waals surface area contributed by atoms with E-state index in [4.69, 9.17) is 5.26 Å². The molecule has 2 aromatic rings. The Morgan fingerprint density at radius 2 is 2.52 bits per heavy atom. The molecule has 1 unspecified atom stereocenters. The van der Waals surface area contributed by atoms with Crippen molar-refractivity contribution in [2.24, 2.45) is 0 Å². The average molecular weight is 322 g/mol. The van der Waals surface area contributed by atoms with E-state index in [9.17, 15) is 4.79 Å². The maximum Gasteiger partial charge on any atom is 0.252 e. The van der Waals surface area contributed by atoms with Crippen LogP contribution in [0.25, 0.3) is 0 Å². The molecule has 0 fully saturated rings. The van der Waals surface area contributed by atoms with Crippen molar-refractivity contribution in [3.8, 4) is 6.07 Å². The number of nitrogens with zero attached hydrogens (tertiary/aromatic N) is 5. The number of carbonyl (C=O) groups is 1. The largest absolute Gasteiger partial charge is 0.342 e. The van der Waals surface area contributed by atoms with Gasteiger partial charge in [-0.1, -0.05) is 0 Å². The Kier molecular flexibility index (Phi) is 5.71. The highest BCUT2D eigenvalue weighted by Crippen LogP contribution is 2.16. The molecule has 21 heavy (non-hydrogen) atoms. The number of hydrogen-bond donors (Lipinski definition) is 1. The van der Waals surface area contributed by atoms with E-state index in [-0.39, 0.29) is 18.5 Å². The summed E-state index contributed by atoms with van der Waals surface area (Å²) in [7, 11) is 0. The van der Waals surface area contributed by atoms with Crippen molar-refractivity contribution in [1.82, 2.24) is 25.5 Å². The van der Waals surface area contributed by atoms with Crippen LogP contribution in [0.3, 0.4) is 0 Å². The van der Waals surface area contributed by atoms with E-state index in [1.807, 2.05) is 17.7 Å². The molecule has 1 atom stereocenters. The number of thioether (sulfide) groups is 1. The first-order chi connectivity index (χ1) is 10.2. The normalized spacial score (nSPS) is 11.8. The van der Waals surface area contributed by atoms with Crippen molar-refractivity contribution in [3.63, 3.8) is 0 Å². The predicted octanol–water partition coefficient (Wildman–Crippen LogP) is 1.48. The molecule has 9 heteroatoms. The molecule has 0 radical (unpaired) electrons. The summed E-state index contributed by atoms with van der Waals surface area (Å²) in [5, 5.41) is 27.1. The summed E-state index contributed by atoms with van der Waals surface area (Å²) in [4.78, 5) is 13.4. The lowest BCUT2D eigenvalue weighted by Crippen LogP contribution is -2.29. The van der Waals surface area contributed by atoms with Crippen molar-refractivity contribution < 1.29 is 4.79 Å². The van der Waals surface area contributed by atoms with E-state index in [2.05, 4.69) is 20.7 Å². The van der Waals surface area contributed by atoms with Gasteiger partial charge in [-0.3, -0.25) is 4.79 Å². The molecule has 0 saturated heterocycles. The number of nitriles is 1. The molecular formula is C12H14N6OS2. The zero-order valence-electron chi connectivity index (χ0n) is 11.4. The lowest BCUT2D eigenvalue weighted by Gasteiger charge is -2.14. The molecule has 7 nitrogen and oxygen atoms in total. The molecule has 2 rings (SSSR count). The smallest absolute Gasteiger partial charge is 0.252 e. The fourth-order valence-electron chi connectivity index (χ4n) is 1.66. The van der Waals surface area contributed by atoms with Crippen LogP contribution in [0.1, 0.15) is 28.6 Å². The summed E-state index contributed by atoms with van der Waals surface area (Å²) in [6.45, 7) is 0.0424. The van der Waals surface area contributed by atoms with Crippen LogP contribution in [0.15, 0.2) is 16.8 Å². The fraction of sp³-hybridized carbons (Fsp3) is 0.417. The Labute approximate surface area is 130 Å². The molecule has 0 bridgehead atoms. The van der Waals surface area contributed by atoms with Gasteiger partial charge in [0.15, 0.2) is 5.82 Å². The summed E-state index contributed by atoms with van der Waals surface area (Å²) < 4.78 is 0. The zero-order chi connectivity index (χ0) is 15.1. The number of amides is 1. The van der Waals surface area contributed by atoms with Gasteiger partial charge in [0.2, 0.25) is 0 Å². The number of thiophene rings is 1. The van der Waals surface area contributed by atoms with Crippen LogP contribution < -0.4 is 5.32 Å². The second-order valence-corrected chi connectivity index (χ2v) is 5.92. The molecule has 0 spiro atoms. The van der Waals surface area contributed by atoms with Gasteiger partial charge in [0.25, 0.3) is 5.91 Å². The lowest BCUT2D eigenvalue weighted by atomic mass is 10.2. The standard InChI is InChI=1S/C12H14N6OS2/c1-20-6-3-10(11-15-17-18(16-11)5-4-13)14-12(19)9-2-7-21-8-9/h2,7-8,10H,3,5-6H2,1H3,(H,14,19). The average Bonchev–Trinajstić information content (AvgIpc) is 3.14. The molecule has 0 aliphatic carbocycles. The molecule has 2 aromatic heterocycles. The Bertz CT molecular complexity index is 618. The molecule has 0 aromatic carbocycles. The number of tetrazole rings is 1. The van der Waals surface area contributed by atoms with Crippen molar-refractivity contribution in [2.45, 2.75) is 19.0 Å². The van der Waals surface area contributed by atoms with Crippen LogP contribution in [-0.2, 0) is 6.54 Å². The van der Waals surface area contributed by atoms with Crippen LogP contribution >= 0.6 is 23.1 Å². The second-order valence-electron chi connectivity index (χ2n) is 4.16. The summed E-state index contributed by atoms with van der Waals surface area (Å²) in [6, 6.07) is 3.41. The topological polar surface area (TPSA) is 96.5 Å². The van der Waals surface area contributed by atoms with Crippen molar-refractivity contribution >= 4 is 29.0 Å². The molecule has 0 aliphatic heterocycles. The first kappa shape index (κ1) is 15.5. The van der Waals surface area contributed by atoms with Gasteiger partial charge >= 0.3 is 0 Å². The minimum Gasteiger partial charge on any atom is -0.342 e. The highest BCUT2D eigenvalue weighted by atomic mass is 32.2. The summed E-state index contributed by atoms with van der Waals surface area (Å²) in [6.07, 6.45) is 2.70. The van der Waals surface area contributed by atoms with E-state index in [0.717, 1.165) is 5.75 Å². The summed E-state index contributed by atoms with van der Waals surface area (Å²) in [5.41, 5.74) is 0.624. The Morgan fingerprint density at radius 1 is 1.67 bits per heavy atom. The summed E-state index contributed by atoms with van der Waals surface area (Å²) in [5.74, 6) is 1.14. The van der Waals surface area contributed by atoms with Crippen LogP contribution in [0, 0.1) is 11.3 Å². The van der Waals surface area contributed by atoms with Crippen LogP contribution in [0.5, 0.6) is 0 Å². The maximum atomic E-state index is 12.1. The minimum absolute atomic E-state index is 0.0424. The van der Waals surface area contributed by atoms with E-state index in [0.29, 0.717) is 17.8 Å². The molecule has 0 saturated carbocycles. The minimum atomic E-state index is -0.308. The summed E-state index contributed by atoms with van der Waals surface area (Å²) >= 11 is 3.15. The predicted molar refractivity (Wildman–Crippen MR) is 81.0 cm³/mol. The number of hydrogen-bond acceptors (Lipinski definition) is 7. The zero-order valence-corrected chi connectivity index (χ0v) is 13.0. The quantitative estimate of drug-likeness (QED) is 0.829. The Balaban J connectivity index is 2.09. The molecule has 0 aliphatic rings. The molecule has 110 valence electrons. The van der Waals surface area contributed by atoms with E-state index in [1.54, 1.807) is 23.2 Å². The Hall–Kier alpha value is -1.92. The van der Waals surface area contributed by atoms with Crippen molar-refractivity contribution in [1.29, 1.82) is 5.26 Å². The van der Waals surface area contributed by atoms with Crippen LogP contribution in [0.4, 0.5) is 0 Å². The van der Waals surface area contributed by atoms with Gasteiger partial charge in [-0.05, 0) is 35.1 Å². The van der Waals surface area contributed by atoms with E-state index >= 15 is 0 Å². The second kappa shape index (κ2) is 7.75. The molecular weight excluding hydrogens is 308 g/mol. The third kappa shape index (κ3) is 4.27. The third-order valence-corrected chi connectivity index (χ3v) is 4.02. The Morgan fingerprint density at radius 3 is 3.19 bits per heavy atom. The SMILES string of the molecule is CSCCC(NC(=O)c1ccsc1)c1nnn(CC#N)n1. The van der Waals surface area contributed by atoms with Gasteiger partial charge < -0.3 is 5.32 Å². The first-order valence-electron chi connectivity index (χ1n) is 6.21. The van der Waals surface area contributed by atoms with E-state index < -0.39 is 0 Å². The van der Waals surface area contributed by atoms with Gasteiger partial charge in [0, 0.05) is 5.38 Å². The van der Waals surface area contributed by atoms with Gasteiger partial charge in [-0.25, -0.2) is 0 Å². The van der Waals surface area contributed by atoms with Crippen molar-refractivity contribution in [2.75, 3.05) is 12.0 Å². The van der Waals surface area contributed by atoms with Gasteiger partial charge in [0.1, 0.15) is 6.54 Å². The highest BCUT2D eigenvalue weighted by Gasteiger charge is 2.20. The van der Waals surface area contributed by atoms with E-state index in [1.165, 1.54) is 16.1 Å². The van der Waals surface area contributed by atoms with Crippen molar-refractivity contribution in [3.05, 3.63) is 28.2 Å². The molecule has 1 amide bonds. The highest BCUT2D eigenvalue weighted by molar-refractivity contribution is 7.98. The van der Waals surface area contributed by atoms with Crippen LogP contribution in [0.2, 0.25) is 0 Å². The molecule has 1 N–H and O–H groups in total. The van der Waals surface area contributed by atoms with Crippen LogP contribution in [-0.4, -0.2) is 38.1 Å². The maximum absolute atomic E-state index is 12.1. The first-order valence-corrected chi connectivity index (χ1v) is 8.55. The number of rotatable bonds is 7. The number of aromatic nitrogens is 4. The lowest BCUT2D eigenvalue weighted by molar-refractivity contribution is 0.0934.